The van der Waals surface area contributed by atoms with Gasteiger partial charge >= 0.3 is 0 Å². The van der Waals surface area contributed by atoms with Crippen LogP contribution in [0, 0.1) is 6.92 Å². The van der Waals surface area contributed by atoms with Crippen molar-refractivity contribution in [1.82, 2.24) is 0 Å². The molecule has 2 heterocycles. The summed E-state index contributed by atoms with van der Waals surface area (Å²) in [7, 11) is 1.89. The number of rotatable bonds is 3. The summed E-state index contributed by atoms with van der Waals surface area (Å²) in [5.74, 6) is -0.583. The Labute approximate surface area is 161 Å². The lowest BCUT2D eigenvalue weighted by Crippen LogP contribution is -2.51. The molecule has 4 unspecified atom stereocenters. The van der Waals surface area contributed by atoms with Crippen LogP contribution in [0.4, 0.5) is 0 Å². The number of fused-ring (bicyclic) bond motifs is 1. The van der Waals surface area contributed by atoms with Gasteiger partial charge in [-0.05, 0) is 32.9 Å². The molecule has 154 valence electrons. The number of likely N-dealkylation sites (N-methyl/N-ethyl adjacent to an activating group) is 1. The minimum absolute atomic E-state index is 0.0306. The van der Waals surface area contributed by atoms with Crippen LogP contribution in [-0.2, 0) is 24.3 Å². The summed E-state index contributed by atoms with van der Waals surface area (Å²) in [6.07, 6.45) is -0.646. The molecule has 1 aromatic carbocycles. The average molecular weight is 403 g/mol. The molecular formula is C18H29NO7S. The van der Waals surface area contributed by atoms with Gasteiger partial charge < -0.3 is 28.4 Å². The third kappa shape index (κ3) is 5.47. The summed E-state index contributed by atoms with van der Waals surface area (Å²) < 4.78 is 49.3. The third-order valence-corrected chi connectivity index (χ3v) is 5.23. The first-order chi connectivity index (χ1) is 12.2. The number of aliphatic hydroxyl groups excluding tert-OH is 1. The van der Waals surface area contributed by atoms with E-state index in [1.807, 2.05) is 20.8 Å². The molecular weight excluding hydrogens is 374 g/mol. The summed E-state index contributed by atoms with van der Waals surface area (Å²) in [5, 5.41) is 9.30. The van der Waals surface area contributed by atoms with Gasteiger partial charge in [-0.15, -0.1) is 0 Å². The van der Waals surface area contributed by atoms with Crippen molar-refractivity contribution in [3.8, 4) is 0 Å². The van der Waals surface area contributed by atoms with E-state index in [1.165, 1.54) is 12.1 Å². The van der Waals surface area contributed by atoms with Crippen LogP contribution in [-0.4, -0.2) is 80.6 Å². The van der Waals surface area contributed by atoms with Crippen LogP contribution in [0.25, 0.3) is 0 Å². The fraction of sp³-hybridized carbons (Fsp3) is 0.667. The monoisotopic (exact) mass is 403 g/mol. The fourth-order valence-electron chi connectivity index (χ4n) is 3.13. The number of hydrogen-bond donors (Lipinski definition) is 1. The Hall–Kier alpha value is -1.07. The van der Waals surface area contributed by atoms with Crippen molar-refractivity contribution >= 4 is 10.1 Å². The zero-order chi connectivity index (χ0) is 20.6. The highest BCUT2D eigenvalue weighted by Gasteiger charge is 2.59. The second kappa shape index (κ2) is 7.75. The number of quaternary nitrogens is 1. The highest BCUT2D eigenvalue weighted by molar-refractivity contribution is 7.85. The van der Waals surface area contributed by atoms with Gasteiger partial charge in [0.05, 0.1) is 32.6 Å². The normalized spacial score (nSPS) is 29.8. The Morgan fingerprint density at radius 2 is 1.63 bits per heavy atom. The van der Waals surface area contributed by atoms with Crippen molar-refractivity contribution in [3.63, 3.8) is 0 Å². The smallest absolute Gasteiger partial charge is 0.222 e. The first kappa shape index (κ1) is 22.2. The van der Waals surface area contributed by atoms with Gasteiger partial charge in [0.1, 0.15) is 22.3 Å². The van der Waals surface area contributed by atoms with Crippen LogP contribution in [0.2, 0.25) is 0 Å². The molecule has 0 spiro atoms. The van der Waals surface area contributed by atoms with Crippen LogP contribution >= 0.6 is 0 Å². The highest BCUT2D eigenvalue weighted by Crippen LogP contribution is 2.40. The molecule has 2 aliphatic rings. The third-order valence-electron chi connectivity index (χ3n) is 4.38. The Morgan fingerprint density at radius 1 is 1.11 bits per heavy atom. The van der Waals surface area contributed by atoms with Crippen molar-refractivity contribution in [2.45, 2.75) is 56.0 Å². The summed E-state index contributed by atoms with van der Waals surface area (Å²) in [6, 6.07) is 5.78. The van der Waals surface area contributed by atoms with E-state index in [4.69, 9.17) is 14.2 Å². The van der Waals surface area contributed by atoms with Crippen molar-refractivity contribution in [3.05, 3.63) is 29.8 Å². The van der Waals surface area contributed by atoms with Crippen molar-refractivity contribution in [2.24, 2.45) is 0 Å². The molecule has 1 N–H and O–H groups in total. The van der Waals surface area contributed by atoms with Gasteiger partial charge in [-0.1, -0.05) is 17.7 Å². The van der Waals surface area contributed by atoms with E-state index >= 15 is 0 Å². The fourth-order valence-corrected chi connectivity index (χ4v) is 3.60. The van der Waals surface area contributed by atoms with Gasteiger partial charge in [-0.25, -0.2) is 8.42 Å². The van der Waals surface area contributed by atoms with Crippen LogP contribution in [0.5, 0.6) is 0 Å². The minimum Gasteiger partial charge on any atom is -0.744 e. The Morgan fingerprint density at radius 3 is 2.07 bits per heavy atom. The maximum atomic E-state index is 10.4. The SMILES string of the molecule is CC1(C)OC2C(CO)OC([N+](C)(C)C)C2O1.Cc1ccc(S(=O)(=O)[O-])cc1. The van der Waals surface area contributed by atoms with Gasteiger partial charge in [0, 0.05) is 0 Å². The van der Waals surface area contributed by atoms with Crippen LogP contribution in [0.3, 0.4) is 0 Å². The Bertz CT molecular complexity index is 740. The van der Waals surface area contributed by atoms with E-state index in [1.54, 1.807) is 12.1 Å². The summed E-state index contributed by atoms with van der Waals surface area (Å²) in [5.41, 5.74) is 0.928. The van der Waals surface area contributed by atoms with Crippen LogP contribution in [0.1, 0.15) is 19.4 Å². The van der Waals surface area contributed by atoms with E-state index < -0.39 is 15.9 Å². The lowest BCUT2D eigenvalue weighted by molar-refractivity contribution is -0.921. The van der Waals surface area contributed by atoms with Gasteiger partial charge in [-0.2, -0.15) is 0 Å². The number of nitrogens with zero attached hydrogens (tertiary/aromatic N) is 1. The van der Waals surface area contributed by atoms with E-state index in [-0.39, 0.29) is 36.0 Å². The highest BCUT2D eigenvalue weighted by atomic mass is 32.2. The molecule has 1 aromatic rings. The van der Waals surface area contributed by atoms with E-state index in [0.717, 1.165) is 5.56 Å². The number of aryl methyl sites for hydroxylation is 1. The summed E-state index contributed by atoms with van der Waals surface area (Å²) in [6.45, 7) is 5.58. The minimum atomic E-state index is -4.27. The molecule has 2 aliphatic heterocycles. The van der Waals surface area contributed by atoms with Crippen molar-refractivity contribution < 1.29 is 36.8 Å². The van der Waals surface area contributed by atoms with Crippen LogP contribution in [0.15, 0.2) is 29.2 Å². The summed E-state index contributed by atoms with van der Waals surface area (Å²) in [4.78, 5) is -0.178. The molecule has 3 rings (SSSR count). The van der Waals surface area contributed by atoms with Crippen molar-refractivity contribution in [2.75, 3.05) is 27.7 Å². The van der Waals surface area contributed by atoms with Gasteiger partial charge in [-0.3, -0.25) is 0 Å². The topological polar surface area (TPSA) is 105 Å². The molecule has 0 aromatic heterocycles. The predicted octanol–water partition coefficient (Wildman–Crippen LogP) is 0.829. The zero-order valence-electron chi connectivity index (χ0n) is 16.6. The average Bonchev–Trinajstić information content (AvgIpc) is 2.99. The molecule has 0 aliphatic carbocycles. The van der Waals surface area contributed by atoms with Gasteiger partial charge in [0.2, 0.25) is 6.23 Å². The van der Waals surface area contributed by atoms with Gasteiger partial charge in [0.15, 0.2) is 11.9 Å². The first-order valence-corrected chi connectivity index (χ1v) is 10.1. The maximum Gasteiger partial charge on any atom is 0.222 e. The molecule has 9 heteroatoms. The maximum absolute atomic E-state index is 10.4. The van der Waals surface area contributed by atoms with Crippen LogP contribution < -0.4 is 0 Å². The lowest BCUT2D eigenvalue weighted by atomic mass is 10.1. The first-order valence-electron chi connectivity index (χ1n) is 8.70. The molecule has 4 atom stereocenters. The van der Waals surface area contributed by atoms with Gasteiger partial charge in [0.25, 0.3) is 0 Å². The molecule has 0 saturated carbocycles. The lowest BCUT2D eigenvalue weighted by Gasteiger charge is -2.34. The van der Waals surface area contributed by atoms with Crippen molar-refractivity contribution in [1.29, 1.82) is 0 Å². The number of aliphatic hydroxyl groups is 1. The predicted molar refractivity (Wildman–Crippen MR) is 96.7 cm³/mol. The molecule has 2 saturated heterocycles. The van der Waals surface area contributed by atoms with E-state index in [2.05, 4.69) is 21.1 Å². The zero-order valence-corrected chi connectivity index (χ0v) is 17.4. The number of benzene rings is 1. The molecule has 2 fully saturated rings. The van der Waals surface area contributed by atoms with E-state index in [9.17, 15) is 18.1 Å². The Balaban J connectivity index is 0.000000208. The number of hydrogen-bond acceptors (Lipinski definition) is 7. The van der Waals surface area contributed by atoms with E-state index in [0.29, 0.717) is 4.48 Å². The quantitative estimate of drug-likeness (QED) is 0.589. The molecule has 0 radical (unpaired) electrons. The molecule has 0 amide bonds. The standard InChI is InChI=1S/C11H22NO4.C7H8O3S/c1-11(2)15-8-7(6-13)14-10(9(8)16-11)12(3,4)5;1-6-2-4-7(5-3-6)11(8,9)10/h7-10,13H,6H2,1-5H3;2-5H,1H3,(H,8,9,10)/q+1;/p-1. The molecule has 27 heavy (non-hydrogen) atoms. The summed E-state index contributed by atoms with van der Waals surface area (Å²) >= 11 is 0. The second-order valence-electron chi connectivity index (χ2n) is 8.20. The second-order valence-corrected chi connectivity index (χ2v) is 9.58. The number of ether oxygens (including phenoxy) is 3. The molecule has 0 bridgehead atoms. The Kier molecular flexibility index (Phi) is 6.38. The largest absolute Gasteiger partial charge is 0.744 e. The molecule has 8 nitrogen and oxygen atoms in total.